The molecule has 3 nitrogen and oxygen atoms in total. The standard InChI is InChI=1S/C14H6Br2FN3S/c15-8-1-2-12(7(3-8)6-18)20-13-5-10(17)9(16)4-11(13)19-14(20)21/h1-5H,(H,19,21). The molecule has 1 N–H and O–H groups in total. The van der Waals surface area contributed by atoms with Crippen molar-refractivity contribution in [1.82, 2.24) is 9.55 Å². The molecule has 0 aliphatic heterocycles. The average Bonchev–Trinajstić information content (AvgIpc) is 2.75. The van der Waals surface area contributed by atoms with Crippen LogP contribution in [0, 0.1) is 21.9 Å². The Bertz CT molecular complexity index is 969. The number of nitriles is 1. The summed E-state index contributed by atoms with van der Waals surface area (Å²) in [5, 5.41) is 9.29. The molecule has 0 unspecified atom stereocenters. The van der Waals surface area contributed by atoms with E-state index in [4.69, 9.17) is 12.2 Å². The molecule has 1 heterocycles. The van der Waals surface area contributed by atoms with Crippen molar-refractivity contribution in [2.75, 3.05) is 0 Å². The van der Waals surface area contributed by atoms with Crippen molar-refractivity contribution in [2.45, 2.75) is 0 Å². The Labute approximate surface area is 141 Å². The van der Waals surface area contributed by atoms with Crippen LogP contribution >= 0.6 is 44.1 Å². The summed E-state index contributed by atoms with van der Waals surface area (Å²) in [4.78, 5) is 3.02. The molecule has 0 amide bonds. The van der Waals surface area contributed by atoms with Crippen LogP contribution in [0.4, 0.5) is 4.39 Å². The highest BCUT2D eigenvalue weighted by atomic mass is 79.9. The molecule has 2 aromatic carbocycles. The van der Waals surface area contributed by atoms with Crippen LogP contribution in [0.2, 0.25) is 0 Å². The first-order valence-electron chi connectivity index (χ1n) is 5.81. The number of benzene rings is 2. The zero-order chi connectivity index (χ0) is 15.1. The zero-order valence-corrected chi connectivity index (χ0v) is 14.3. The van der Waals surface area contributed by atoms with Gasteiger partial charge in [-0.3, -0.25) is 4.57 Å². The summed E-state index contributed by atoms with van der Waals surface area (Å²) < 4.78 is 17.0. The smallest absolute Gasteiger partial charge is 0.182 e. The van der Waals surface area contributed by atoms with Gasteiger partial charge in [-0.2, -0.15) is 5.26 Å². The highest BCUT2D eigenvalue weighted by molar-refractivity contribution is 9.10. The predicted octanol–water partition coefficient (Wildman–Crippen LogP) is 5.22. The molecular weight excluding hydrogens is 421 g/mol. The predicted molar refractivity (Wildman–Crippen MR) is 88.5 cm³/mol. The van der Waals surface area contributed by atoms with E-state index in [-0.39, 0.29) is 5.82 Å². The first-order valence-corrected chi connectivity index (χ1v) is 7.80. The summed E-state index contributed by atoms with van der Waals surface area (Å²) in [5.74, 6) is -0.388. The summed E-state index contributed by atoms with van der Waals surface area (Å²) in [6.07, 6.45) is 0. The van der Waals surface area contributed by atoms with Gasteiger partial charge in [0.05, 0.1) is 26.8 Å². The maximum atomic E-state index is 13.8. The molecule has 3 rings (SSSR count). The lowest BCUT2D eigenvalue weighted by Gasteiger charge is -2.07. The van der Waals surface area contributed by atoms with E-state index in [0.717, 1.165) is 4.47 Å². The van der Waals surface area contributed by atoms with Gasteiger partial charge in [0.1, 0.15) is 11.9 Å². The van der Waals surface area contributed by atoms with E-state index in [1.54, 1.807) is 22.8 Å². The molecule has 0 aliphatic carbocycles. The molecule has 0 bridgehead atoms. The topological polar surface area (TPSA) is 44.5 Å². The van der Waals surface area contributed by atoms with E-state index < -0.39 is 0 Å². The molecule has 0 aliphatic rings. The molecular formula is C14H6Br2FN3S. The van der Waals surface area contributed by atoms with Gasteiger partial charge in [0, 0.05) is 10.5 Å². The van der Waals surface area contributed by atoms with Crippen molar-refractivity contribution in [2.24, 2.45) is 0 Å². The quantitative estimate of drug-likeness (QED) is 0.542. The Hall–Kier alpha value is -1.49. The summed E-state index contributed by atoms with van der Waals surface area (Å²) in [5.41, 5.74) is 2.34. The summed E-state index contributed by atoms with van der Waals surface area (Å²) in [7, 11) is 0. The number of aromatic amines is 1. The number of aromatic nitrogens is 2. The van der Waals surface area contributed by atoms with Crippen molar-refractivity contribution in [3.63, 3.8) is 0 Å². The lowest BCUT2D eigenvalue weighted by Crippen LogP contribution is -1.98. The Morgan fingerprint density at radius 1 is 1.24 bits per heavy atom. The number of imidazole rings is 1. The number of nitrogens with one attached hydrogen (secondary N) is 1. The van der Waals surface area contributed by atoms with Crippen molar-refractivity contribution >= 4 is 55.1 Å². The summed E-state index contributed by atoms with van der Waals surface area (Å²) in [6, 6.07) is 10.4. The van der Waals surface area contributed by atoms with Gasteiger partial charge in [-0.15, -0.1) is 0 Å². The second-order valence-electron chi connectivity index (χ2n) is 4.32. The number of H-pyrrole nitrogens is 1. The van der Waals surface area contributed by atoms with Crippen molar-refractivity contribution < 1.29 is 4.39 Å². The number of nitrogens with zero attached hydrogens (tertiary/aromatic N) is 2. The van der Waals surface area contributed by atoms with Crippen LogP contribution < -0.4 is 0 Å². The third-order valence-electron chi connectivity index (χ3n) is 3.04. The molecule has 7 heteroatoms. The van der Waals surface area contributed by atoms with Crippen LogP contribution in [0.3, 0.4) is 0 Å². The molecule has 104 valence electrons. The largest absolute Gasteiger partial charge is 0.330 e. The molecule has 0 saturated carbocycles. The molecule has 0 atom stereocenters. The molecule has 1 aromatic heterocycles. The van der Waals surface area contributed by atoms with Gasteiger partial charge < -0.3 is 4.98 Å². The van der Waals surface area contributed by atoms with E-state index in [1.807, 2.05) is 6.07 Å². The fourth-order valence-corrected chi connectivity index (χ4v) is 3.15. The Kier molecular flexibility index (Phi) is 3.69. The fourth-order valence-electron chi connectivity index (χ4n) is 2.13. The first kappa shape index (κ1) is 14.4. The average molecular weight is 427 g/mol. The normalized spacial score (nSPS) is 10.8. The number of halogens is 3. The van der Waals surface area contributed by atoms with Gasteiger partial charge in [-0.05, 0) is 52.4 Å². The van der Waals surface area contributed by atoms with Crippen LogP contribution in [0.15, 0.2) is 39.3 Å². The van der Waals surface area contributed by atoms with Crippen LogP contribution in [0.25, 0.3) is 16.7 Å². The molecule has 0 radical (unpaired) electrons. The van der Waals surface area contributed by atoms with E-state index in [9.17, 15) is 9.65 Å². The van der Waals surface area contributed by atoms with E-state index in [1.165, 1.54) is 6.07 Å². The van der Waals surface area contributed by atoms with Gasteiger partial charge in [-0.1, -0.05) is 15.9 Å². The Balaban J connectivity index is 2.41. The SMILES string of the molecule is N#Cc1cc(Br)ccc1-n1c(=S)[nH]c2cc(Br)c(F)cc21. The minimum Gasteiger partial charge on any atom is -0.330 e. The highest BCUT2D eigenvalue weighted by Crippen LogP contribution is 2.28. The maximum Gasteiger partial charge on any atom is 0.182 e. The minimum absolute atomic E-state index is 0.356. The van der Waals surface area contributed by atoms with Gasteiger partial charge in [0.2, 0.25) is 0 Å². The number of fused-ring (bicyclic) bond motifs is 1. The number of rotatable bonds is 1. The van der Waals surface area contributed by atoms with Crippen LogP contribution in [0.5, 0.6) is 0 Å². The third kappa shape index (κ3) is 2.44. The Morgan fingerprint density at radius 2 is 2.00 bits per heavy atom. The second kappa shape index (κ2) is 5.37. The first-order chi connectivity index (χ1) is 10.0. The van der Waals surface area contributed by atoms with Gasteiger partial charge >= 0.3 is 0 Å². The highest BCUT2D eigenvalue weighted by Gasteiger charge is 2.13. The molecule has 0 fully saturated rings. The molecule has 0 saturated heterocycles. The van der Waals surface area contributed by atoms with Gasteiger partial charge in [0.15, 0.2) is 4.77 Å². The van der Waals surface area contributed by atoms with Crippen molar-refractivity contribution in [3.8, 4) is 11.8 Å². The van der Waals surface area contributed by atoms with Crippen molar-refractivity contribution in [3.05, 3.63) is 55.4 Å². The van der Waals surface area contributed by atoms with Crippen LogP contribution in [0.1, 0.15) is 5.56 Å². The zero-order valence-electron chi connectivity index (χ0n) is 10.3. The van der Waals surface area contributed by atoms with Crippen molar-refractivity contribution in [1.29, 1.82) is 5.26 Å². The molecule has 0 spiro atoms. The minimum atomic E-state index is -0.388. The number of hydrogen-bond acceptors (Lipinski definition) is 2. The van der Waals surface area contributed by atoms with E-state index in [0.29, 0.717) is 31.5 Å². The summed E-state index contributed by atoms with van der Waals surface area (Å²) in [6.45, 7) is 0. The monoisotopic (exact) mass is 425 g/mol. The summed E-state index contributed by atoms with van der Waals surface area (Å²) >= 11 is 11.8. The van der Waals surface area contributed by atoms with E-state index in [2.05, 4.69) is 42.9 Å². The fraction of sp³-hybridized carbons (Fsp3) is 0. The maximum absolute atomic E-state index is 13.8. The van der Waals surface area contributed by atoms with E-state index >= 15 is 0 Å². The Morgan fingerprint density at radius 3 is 2.71 bits per heavy atom. The third-order valence-corrected chi connectivity index (χ3v) is 4.43. The molecule has 21 heavy (non-hydrogen) atoms. The van der Waals surface area contributed by atoms with Crippen LogP contribution in [-0.4, -0.2) is 9.55 Å². The lowest BCUT2D eigenvalue weighted by atomic mass is 10.2. The van der Waals surface area contributed by atoms with Gasteiger partial charge in [0.25, 0.3) is 0 Å². The van der Waals surface area contributed by atoms with Crippen LogP contribution in [-0.2, 0) is 0 Å². The second-order valence-corrected chi connectivity index (χ2v) is 6.48. The molecule has 3 aromatic rings. The van der Waals surface area contributed by atoms with Gasteiger partial charge in [-0.25, -0.2) is 4.39 Å². The number of hydrogen-bond donors (Lipinski definition) is 1. The lowest BCUT2D eigenvalue weighted by molar-refractivity contribution is 0.622.